The van der Waals surface area contributed by atoms with Crippen LogP contribution >= 0.6 is 0 Å². The molecule has 0 spiro atoms. The van der Waals surface area contributed by atoms with E-state index in [1.54, 1.807) is 0 Å². The van der Waals surface area contributed by atoms with Gasteiger partial charge in [-0.15, -0.1) is 0 Å². The minimum Gasteiger partial charge on any atom is -0.458 e. The Morgan fingerprint density at radius 2 is 1.91 bits per heavy atom. The molecule has 1 aliphatic heterocycles. The van der Waals surface area contributed by atoms with Gasteiger partial charge in [0, 0.05) is 24.1 Å². The molecule has 0 unspecified atom stereocenters. The lowest BCUT2D eigenvalue weighted by Crippen LogP contribution is -2.55. The van der Waals surface area contributed by atoms with Crippen molar-refractivity contribution in [1.29, 1.82) is 0 Å². The average Bonchev–Trinajstić information content (AvgIpc) is 3.21. The Hall–Kier alpha value is -1.95. The molecular weight excluding hydrogens is 402 g/mol. The molecule has 0 bridgehead atoms. The maximum absolute atomic E-state index is 12.0. The van der Waals surface area contributed by atoms with Crippen molar-refractivity contribution in [1.82, 2.24) is 5.32 Å². The van der Waals surface area contributed by atoms with Crippen LogP contribution in [0.1, 0.15) is 57.9 Å². The lowest BCUT2D eigenvalue weighted by molar-refractivity contribution is -0.136. The lowest BCUT2D eigenvalue weighted by Gasteiger charge is -2.57. The molecule has 174 valence electrons. The summed E-state index contributed by atoms with van der Waals surface area (Å²) in [5.74, 6) is 0.0345. The Bertz CT molecular complexity index is 892. The van der Waals surface area contributed by atoms with Crippen LogP contribution in [-0.4, -0.2) is 42.0 Å². The first-order valence-electron chi connectivity index (χ1n) is 12.0. The van der Waals surface area contributed by atoms with Crippen LogP contribution in [0.5, 0.6) is 0 Å². The van der Waals surface area contributed by atoms with Crippen molar-refractivity contribution in [3.63, 3.8) is 0 Å². The number of esters is 1. The average molecular weight is 440 g/mol. The van der Waals surface area contributed by atoms with E-state index in [0.717, 1.165) is 44.3 Å². The quantitative estimate of drug-likeness (QED) is 0.423. The summed E-state index contributed by atoms with van der Waals surface area (Å²) in [7, 11) is 0. The van der Waals surface area contributed by atoms with Gasteiger partial charge in [-0.3, -0.25) is 0 Å². The van der Waals surface area contributed by atoms with Gasteiger partial charge in [-0.1, -0.05) is 55.3 Å². The predicted octanol–water partition coefficient (Wildman–Crippen LogP) is 3.91. The number of nitrogens with one attached hydrogen (secondary N) is 1. The van der Waals surface area contributed by atoms with Crippen LogP contribution in [-0.2, 0) is 16.1 Å². The summed E-state index contributed by atoms with van der Waals surface area (Å²) in [6.07, 6.45) is 6.49. The molecule has 0 radical (unpaired) electrons. The van der Waals surface area contributed by atoms with Crippen molar-refractivity contribution in [2.75, 3.05) is 19.8 Å². The van der Waals surface area contributed by atoms with E-state index in [-0.39, 0.29) is 23.9 Å². The number of allylic oxidation sites excluding steroid dienone is 1. The molecule has 32 heavy (non-hydrogen) atoms. The molecule has 5 heteroatoms. The maximum atomic E-state index is 12.0. The zero-order chi connectivity index (χ0) is 22.8. The van der Waals surface area contributed by atoms with Gasteiger partial charge < -0.3 is 20.3 Å². The van der Waals surface area contributed by atoms with Gasteiger partial charge in [-0.05, 0) is 61.5 Å². The molecule has 4 rings (SSSR count). The summed E-state index contributed by atoms with van der Waals surface area (Å²) in [6.45, 7) is 6.41. The number of aliphatic hydroxyl groups excluding tert-OH is 2. The van der Waals surface area contributed by atoms with Crippen LogP contribution in [0.2, 0.25) is 0 Å². The zero-order valence-corrected chi connectivity index (χ0v) is 19.4. The molecule has 1 saturated carbocycles. The molecule has 0 amide bonds. The van der Waals surface area contributed by atoms with E-state index in [1.165, 1.54) is 16.7 Å². The van der Waals surface area contributed by atoms with Crippen molar-refractivity contribution in [3.05, 3.63) is 58.7 Å². The topological polar surface area (TPSA) is 78.8 Å². The number of carbonyl (C=O) groups excluding carboxylic acids is 1. The number of cyclic esters (lactones) is 1. The summed E-state index contributed by atoms with van der Waals surface area (Å²) in [5.41, 5.74) is 4.32. The monoisotopic (exact) mass is 439 g/mol. The van der Waals surface area contributed by atoms with Crippen LogP contribution in [0, 0.1) is 16.7 Å². The second-order valence-corrected chi connectivity index (χ2v) is 10.2. The second kappa shape index (κ2) is 9.50. The van der Waals surface area contributed by atoms with Gasteiger partial charge in [0.1, 0.15) is 6.61 Å². The molecule has 1 aromatic rings. The van der Waals surface area contributed by atoms with Crippen LogP contribution in [0.4, 0.5) is 0 Å². The van der Waals surface area contributed by atoms with Gasteiger partial charge in [0.25, 0.3) is 0 Å². The number of rotatable bonds is 8. The van der Waals surface area contributed by atoms with E-state index < -0.39 is 11.5 Å². The van der Waals surface area contributed by atoms with Crippen LogP contribution in [0.15, 0.2) is 53.1 Å². The Labute approximate surface area is 191 Å². The van der Waals surface area contributed by atoms with E-state index >= 15 is 0 Å². The number of fused-ring (bicyclic) bond motifs is 1. The predicted molar refractivity (Wildman–Crippen MR) is 125 cm³/mol. The fourth-order valence-corrected chi connectivity index (χ4v) is 6.47. The highest BCUT2D eigenvalue weighted by molar-refractivity contribution is 5.90. The Balaban J connectivity index is 1.59. The normalized spacial score (nSPS) is 32.5. The summed E-state index contributed by atoms with van der Waals surface area (Å²) >= 11 is 0. The van der Waals surface area contributed by atoms with E-state index in [9.17, 15) is 15.0 Å². The van der Waals surface area contributed by atoms with Gasteiger partial charge >= 0.3 is 5.97 Å². The standard InChI is InChI=1S/C27H37NO4/c1-26-14-12-24(30)27(2,18-29)23(26)11-9-21(17-28-16-19-6-4-3-5-7-19)22(26)10-8-20-13-15-32-25(20)31/h3-7,13,23-24,28-30H,8-12,14-18H2,1-2H3/t23-,24+,26-,27-/m0/s1. The molecule has 1 fully saturated rings. The van der Waals surface area contributed by atoms with Crippen molar-refractivity contribution >= 4 is 5.97 Å². The Morgan fingerprint density at radius 1 is 1.12 bits per heavy atom. The summed E-state index contributed by atoms with van der Waals surface area (Å²) in [4.78, 5) is 12.0. The second-order valence-electron chi connectivity index (χ2n) is 10.2. The van der Waals surface area contributed by atoms with Gasteiger partial charge in [0.05, 0.1) is 12.7 Å². The molecule has 5 nitrogen and oxygen atoms in total. The molecule has 4 atom stereocenters. The number of hydrogen-bond acceptors (Lipinski definition) is 5. The first-order valence-corrected chi connectivity index (χ1v) is 12.0. The van der Waals surface area contributed by atoms with Gasteiger partial charge in [-0.2, -0.15) is 0 Å². The highest BCUT2D eigenvalue weighted by atomic mass is 16.5. The highest BCUT2D eigenvalue weighted by Gasteiger charge is 2.55. The molecule has 3 aliphatic rings. The summed E-state index contributed by atoms with van der Waals surface area (Å²) in [5, 5.41) is 24.7. The van der Waals surface area contributed by atoms with Gasteiger partial charge in [0.2, 0.25) is 0 Å². The van der Waals surface area contributed by atoms with E-state index in [4.69, 9.17) is 4.74 Å². The number of benzene rings is 1. The zero-order valence-electron chi connectivity index (χ0n) is 19.4. The number of aliphatic hydroxyl groups is 2. The van der Waals surface area contributed by atoms with Crippen molar-refractivity contribution in [2.45, 2.75) is 65.0 Å². The fraction of sp³-hybridized carbons (Fsp3) is 0.593. The molecular formula is C27H37NO4. The first-order chi connectivity index (χ1) is 15.4. The van der Waals surface area contributed by atoms with Crippen LogP contribution < -0.4 is 5.32 Å². The largest absolute Gasteiger partial charge is 0.458 e. The Morgan fingerprint density at radius 3 is 2.59 bits per heavy atom. The first kappa shape index (κ1) is 23.2. The third kappa shape index (κ3) is 4.30. The molecule has 2 aliphatic carbocycles. The molecule has 1 aromatic carbocycles. The molecule has 0 aromatic heterocycles. The van der Waals surface area contributed by atoms with Crippen molar-refractivity contribution in [2.24, 2.45) is 16.7 Å². The summed E-state index contributed by atoms with van der Waals surface area (Å²) in [6, 6.07) is 10.4. The van der Waals surface area contributed by atoms with Gasteiger partial charge in [-0.25, -0.2) is 4.79 Å². The lowest BCUT2D eigenvalue weighted by atomic mass is 9.48. The number of carbonyl (C=O) groups is 1. The third-order valence-corrected chi connectivity index (χ3v) is 8.42. The molecule has 0 saturated heterocycles. The molecule has 1 heterocycles. The van der Waals surface area contributed by atoms with Crippen LogP contribution in [0.25, 0.3) is 0 Å². The SMILES string of the molecule is C[C@@]1(CO)[C@H](O)CC[C@@]2(C)C(CCC3=CCOC3=O)=C(CNCc3ccccc3)CC[C@H]12. The smallest absolute Gasteiger partial charge is 0.334 e. The van der Waals surface area contributed by atoms with Crippen LogP contribution in [0.3, 0.4) is 0 Å². The highest BCUT2D eigenvalue weighted by Crippen LogP contribution is 2.60. The number of ether oxygens (including phenoxy) is 1. The molecule has 3 N–H and O–H groups in total. The maximum Gasteiger partial charge on any atom is 0.334 e. The van der Waals surface area contributed by atoms with E-state index in [2.05, 4.69) is 36.5 Å². The van der Waals surface area contributed by atoms with E-state index in [0.29, 0.717) is 19.4 Å². The van der Waals surface area contributed by atoms with Gasteiger partial charge in [0.15, 0.2) is 0 Å². The third-order valence-electron chi connectivity index (χ3n) is 8.42. The van der Waals surface area contributed by atoms with E-state index in [1.807, 2.05) is 19.1 Å². The minimum atomic E-state index is -0.493. The van der Waals surface area contributed by atoms with Crippen molar-refractivity contribution < 1.29 is 19.7 Å². The minimum absolute atomic E-state index is 0.000766. The fourth-order valence-electron chi connectivity index (χ4n) is 6.47. The summed E-state index contributed by atoms with van der Waals surface area (Å²) < 4.78 is 5.12. The van der Waals surface area contributed by atoms with Crippen molar-refractivity contribution in [3.8, 4) is 0 Å². The Kier molecular flexibility index (Phi) is 6.89. The number of hydrogen-bond donors (Lipinski definition) is 3.